The highest BCUT2D eigenvalue weighted by Crippen LogP contribution is 2.30. The molecule has 41 heavy (non-hydrogen) atoms. The van der Waals surface area contributed by atoms with E-state index >= 15 is 0 Å². The molecule has 1 aliphatic rings. The predicted octanol–water partition coefficient (Wildman–Crippen LogP) is 7.44. The Labute approximate surface area is 239 Å². The topological polar surface area (TPSA) is 37.3 Å². The van der Waals surface area contributed by atoms with Crippen molar-refractivity contribution in [2.45, 2.75) is 44.3 Å². The lowest BCUT2D eigenvalue weighted by molar-refractivity contribution is -0.137. The van der Waals surface area contributed by atoms with Crippen molar-refractivity contribution in [3.63, 3.8) is 0 Å². The lowest BCUT2D eigenvalue weighted by Gasteiger charge is -2.31. The molecule has 4 nitrogen and oxygen atoms in total. The Kier molecular flexibility index (Phi) is 9.24. The summed E-state index contributed by atoms with van der Waals surface area (Å²) < 4.78 is 40.4. The molecule has 5 rings (SSSR count). The van der Waals surface area contributed by atoms with Gasteiger partial charge in [0.05, 0.1) is 5.56 Å². The maximum absolute atomic E-state index is 12.9. The molecule has 0 aliphatic carbocycles. The number of hydrogen-bond donors (Lipinski definition) is 1. The average Bonchev–Trinajstić information content (AvgIpc) is 3.45. The number of nitrogens with zero attached hydrogens (tertiary/aromatic N) is 2. The highest BCUT2D eigenvalue weighted by molar-refractivity contribution is 5.76. The highest BCUT2D eigenvalue weighted by atomic mass is 19.4. The van der Waals surface area contributed by atoms with E-state index in [9.17, 15) is 18.0 Å². The summed E-state index contributed by atoms with van der Waals surface area (Å²) in [5.74, 6) is 0.744. The van der Waals surface area contributed by atoms with Crippen LogP contribution in [0.3, 0.4) is 0 Å². The average molecular weight is 560 g/mol. The minimum absolute atomic E-state index is 0.122. The number of aromatic nitrogens is 1. The normalized spacial score (nSPS) is 14.8. The van der Waals surface area contributed by atoms with Gasteiger partial charge in [0, 0.05) is 43.5 Å². The molecule has 0 spiro atoms. The molecular formula is C34H36F3N3O. The van der Waals surface area contributed by atoms with Gasteiger partial charge in [0.2, 0.25) is 5.91 Å². The number of rotatable bonds is 10. The minimum atomic E-state index is -4.33. The number of halogens is 3. The third-order valence-electron chi connectivity index (χ3n) is 7.99. The SMILES string of the molecule is O=C(CC1CCN(Cc2ccn(-c3ccc(C(F)(F)F)cc3)c2)CC1)NCCC(c1ccccc1)c1ccccc1. The van der Waals surface area contributed by atoms with E-state index in [-0.39, 0.29) is 11.8 Å². The number of piperidine rings is 1. The molecule has 1 aliphatic heterocycles. The van der Waals surface area contributed by atoms with E-state index in [1.807, 2.05) is 35.2 Å². The number of likely N-dealkylation sites (tertiary alicyclic amines) is 1. The lowest BCUT2D eigenvalue weighted by Crippen LogP contribution is -2.35. The third kappa shape index (κ3) is 7.88. The highest BCUT2D eigenvalue weighted by Gasteiger charge is 2.30. The van der Waals surface area contributed by atoms with Crippen LogP contribution in [0.2, 0.25) is 0 Å². The molecule has 2 heterocycles. The molecule has 3 aromatic carbocycles. The van der Waals surface area contributed by atoms with Gasteiger partial charge in [0.15, 0.2) is 0 Å². The first kappa shape index (κ1) is 28.7. The predicted molar refractivity (Wildman–Crippen MR) is 156 cm³/mol. The molecule has 0 saturated carbocycles. The Bertz CT molecular complexity index is 1340. The van der Waals surface area contributed by atoms with Gasteiger partial charge in [0.25, 0.3) is 0 Å². The second kappa shape index (κ2) is 13.2. The molecule has 0 radical (unpaired) electrons. The van der Waals surface area contributed by atoms with Crippen LogP contribution in [0.15, 0.2) is 103 Å². The van der Waals surface area contributed by atoms with Crippen LogP contribution in [-0.2, 0) is 17.5 Å². The van der Waals surface area contributed by atoms with E-state index < -0.39 is 11.7 Å². The molecular weight excluding hydrogens is 523 g/mol. The fourth-order valence-corrected chi connectivity index (χ4v) is 5.71. The maximum atomic E-state index is 12.9. The summed E-state index contributed by atoms with van der Waals surface area (Å²) in [5.41, 5.74) is 3.69. The Hall–Kier alpha value is -3.84. The molecule has 1 fully saturated rings. The van der Waals surface area contributed by atoms with Crippen LogP contribution < -0.4 is 5.32 Å². The van der Waals surface area contributed by atoms with Gasteiger partial charge in [-0.1, -0.05) is 60.7 Å². The fourth-order valence-electron chi connectivity index (χ4n) is 5.71. The van der Waals surface area contributed by atoms with Crippen molar-refractivity contribution in [3.05, 3.63) is 126 Å². The van der Waals surface area contributed by atoms with Crippen LogP contribution in [0.4, 0.5) is 13.2 Å². The first-order valence-corrected chi connectivity index (χ1v) is 14.3. The molecule has 7 heteroatoms. The molecule has 1 saturated heterocycles. The molecule has 1 amide bonds. The number of alkyl halides is 3. The van der Waals surface area contributed by atoms with Crippen LogP contribution >= 0.6 is 0 Å². The number of carbonyl (C=O) groups is 1. The van der Waals surface area contributed by atoms with Crippen molar-refractivity contribution in [1.29, 1.82) is 0 Å². The number of amides is 1. The molecule has 0 atom stereocenters. The van der Waals surface area contributed by atoms with Gasteiger partial charge >= 0.3 is 6.18 Å². The molecule has 0 unspecified atom stereocenters. The number of hydrogen-bond acceptors (Lipinski definition) is 2. The number of carbonyl (C=O) groups excluding carboxylic acids is 1. The summed E-state index contributed by atoms with van der Waals surface area (Å²) in [6, 6.07) is 28.1. The second-order valence-corrected chi connectivity index (χ2v) is 10.9. The Morgan fingerprint density at radius 1 is 0.854 bits per heavy atom. The monoisotopic (exact) mass is 559 g/mol. The van der Waals surface area contributed by atoms with E-state index in [2.05, 4.69) is 58.7 Å². The van der Waals surface area contributed by atoms with Crippen molar-refractivity contribution in [3.8, 4) is 5.69 Å². The van der Waals surface area contributed by atoms with Crippen LogP contribution in [0.5, 0.6) is 0 Å². The van der Waals surface area contributed by atoms with Gasteiger partial charge in [-0.2, -0.15) is 13.2 Å². The largest absolute Gasteiger partial charge is 0.416 e. The Morgan fingerprint density at radius 2 is 1.46 bits per heavy atom. The van der Waals surface area contributed by atoms with Gasteiger partial charge in [-0.3, -0.25) is 9.69 Å². The molecule has 0 bridgehead atoms. The van der Waals surface area contributed by atoms with Crippen LogP contribution in [0.25, 0.3) is 5.69 Å². The second-order valence-electron chi connectivity index (χ2n) is 10.9. The van der Waals surface area contributed by atoms with Crippen molar-refractivity contribution in [2.24, 2.45) is 5.92 Å². The number of benzene rings is 3. The van der Waals surface area contributed by atoms with Crippen LogP contribution in [0.1, 0.15) is 53.9 Å². The molecule has 1 aromatic heterocycles. The van der Waals surface area contributed by atoms with E-state index in [1.54, 1.807) is 0 Å². The minimum Gasteiger partial charge on any atom is -0.356 e. The fraction of sp³-hybridized carbons (Fsp3) is 0.324. The summed E-state index contributed by atoms with van der Waals surface area (Å²) in [4.78, 5) is 15.1. The number of nitrogens with one attached hydrogen (secondary N) is 1. The van der Waals surface area contributed by atoms with E-state index in [4.69, 9.17) is 0 Å². The first-order valence-electron chi connectivity index (χ1n) is 14.3. The van der Waals surface area contributed by atoms with Gasteiger partial charge in [-0.15, -0.1) is 0 Å². The quantitative estimate of drug-likeness (QED) is 0.219. The smallest absolute Gasteiger partial charge is 0.356 e. The van der Waals surface area contributed by atoms with Crippen molar-refractivity contribution in [2.75, 3.05) is 19.6 Å². The third-order valence-corrected chi connectivity index (χ3v) is 7.99. The van der Waals surface area contributed by atoms with Gasteiger partial charge in [-0.05, 0) is 85.3 Å². The zero-order valence-electron chi connectivity index (χ0n) is 23.1. The van der Waals surface area contributed by atoms with Crippen LogP contribution in [-0.4, -0.2) is 35.0 Å². The van der Waals surface area contributed by atoms with Crippen molar-refractivity contribution < 1.29 is 18.0 Å². The molecule has 214 valence electrons. The standard InChI is InChI=1S/C34H36F3N3O/c35-34(36,37)30-11-13-31(14-12-30)40-22-18-27(25-40)24-39-20-16-26(17-21-39)23-33(41)38-19-15-32(28-7-3-1-4-8-28)29-9-5-2-6-10-29/h1-14,18,22,25-26,32H,15-17,19-21,23-24H2,(H,38,41). The zero-order chi connectivity index (χ0) is 28.7. The van der Waals surface area contributed by atoms with Crippen molar-refractivity contribution in [1.82, 2.24) is 14.8 Å². The van der Waals surface area contributed by atoms with Crippen molar-refractivity contribution >= 4 is 5.91 Å². The summed E-state index contributed by atoms with van der Waals surface area (Å²) in [6.07, 6.45) is 2.88. The summed E-state index contributed by atoms with van der Waals surface area (Å²) >= 11 is 0. The Balaban J connectivity index is 1.05. The van der Waals surface area contributed by atoms with Gasteiger partial charge < -0.3 is 9.88 Å². The summed E-state index contributed by atoms with van der Waals surface area (Å²) in [6.45, 7) is 3.27. The maximum Gasteiger partial charge on any atom is 0.416 e. The van der Waals surface area contributed by atoms with E-state index in [1.165, 1.54) is 23.3 Å². The zero-order valence-corrected chi connectivity index (χ0v) is 23.1. The van der Waals surface area contributed by atoms with Gasteiger partial charge in [-0.25, -0.2) is 0 Å². The molecule has 4 aromatic rings. The lowest BCUT2D eigenvalue weighted by atomic mass is 9.88. The van der Waals surface area contributed by atoms with E-state index in [0.717, 1.165) is 56.6 Å². The van der Waals surface area contributed by atoms with E-state index in [0.29, 0.717) is 24.6 Å². The van der Waals surface area contributed by atoms with Crippen LogP contribution in [0, 0.1) is 5.92 Å². The first-order chi connectivity index (χ1) is 19.8. The van der Waals surface area contributed by atoms with Gasteiger partial charge in [0.1, 0.15) is 0 Å². The Morgan fingerprint density at radius 3 is 2.05 bits per heavy atom. The summed E-state index contributed by atoms with van der Waals surface area (Å²) in [7, 11) is 0. The summed E-state index contributed by atoms with van der Waals surface area (Å²) in [5, 5.41) is 3.16. The molecule has 1 N–H and O–H groups in total.